The number of nitrogens with one attached hydrogen (secondary N) is 1. The van der Waals surface area contributed by atoms with Gasteiger partial charge in [-0.1, -0.05) is 6.07 Å². The van der Waals surface area contributed by atoms with E-state index in [-0.39, 0.29) is 10.8 Å². The molecule has 1 heterocycles. The summed E-state index contributed by atoms with van der Waals surface area (Å²) in [6.45, 7) is -0.283. The second kappa shape index (κ2) is 7.43. The molecule has 1 aromatic heterocycles. The predicted molar refractivity (Wildman–Crippen MR) is 93.5 cm³/mol. The number of sulfonamides is 1. The molecule has 0 aliphatic rings. The maximum absolute atomic E-state index is 12.3. The summed E-state index contributed by atoms with van der Waals surface area (Å²) >= 11 is 4.32. The van der Waals surface area contributed by atoms with Gasteiger partial charge in [-0.3, -0.25) is 4.79 Å². The van der Waals surface area contributed by atoms with Gasteiger partial charge in [0.15, 0.2) is 0 Å². The van der Waals surface area contributed by atoms with E-state index in [2.05, 4.69) is 21.2 Å². The maximum Gasteiger partial charge on any atom is 0.252 e. The largest absolute Gasteiger partial charge is 0.497 e. The number of methoxy groups -OCH3 is 1. The first-order valence-electron chi connectivity index (χ1n) is 6.48. The average Bonchev–Trinajstić information content (AvgIpc) is 2.94. The third-order valence-corrected chi connectivity index (χ3v) is 6.83. The Morgan fingerprint density at radius 2 is 2.09 bits per heavy atom. The third kappa shape index (κ3) is 4.54. The lowest BCUT2D eigenvalue weighted by Crippen LogP contribution is -2.34. The molecule has 0 aliphatic heterocycles. The van der Waals surface area contributed by atoms with Crippen LogP contribution in [-0.4, -0.2) is 39.3 Å². The lowest BCUT2D eigenvalue weighted by Gasteiger charge is -2.15. The van der Waals surface area contributed by atoms with Gasteiger partial charge in [-0.05, 0) is 40.2 Å². The number of benzene rings is 1. The number of likely N-dealkylation sites (N-methyl/N-ethyl adjacent to an activating group) is 1. The van der Waals surface area contributed by atoms with Crippen LogP contribution in [-0.2, 0) is 14.8 Å². The number of carbonyl (C=O) groups excluding carboxylic acids is 1. The highest BCUT2D eigenvalue weighted by Gasteiger charge is 2.24. The van der Waals surface area contributed by atoms with E-state index in [1.165, 1.54) is 20.2 Å². The van der Waals surface area contributed by atoms with Gasteiger partial charge in [-0.25, -0.2) is 8.42 Å². The molecule has 0 saturated heterocycles. The van der Waals surface area contributed by atoms with Gasteiger partial charge in [0.2, 0.25) is 5.91 Å². The van der Waals surface area contributed by atoms with E-state index in [0.29, 0.717) is 15.2 Å². The van der Waals surface area contributed by atoms with Crippen LogP contribution in [0.5, 0.6) is 5.75 Å². The summed E-state index contributed by atoms with van der Waals surface area (Å²) in [5.74, 6) is 0.173. The maximum atomic E-state index is 12.3. The predicted octanol–water partition coefficient (Wildman–Crippen LogP) is 2.78. The second-order valence-corrected chi connectivity index (χ2v) is 9.33. The summed E-state index contributed by atoms with van der Waals surface area (Å²) in [6.07, 6.45) is 0. The zero-order chi connectivity index (χ0) is 17.0. The van der Waals surface area contributed by atoms with Crippen molar-refractivity contribution in [1.29, 1.82) is 0 Å². The number of halogens is 1. The SMILES string of the molecule is COc1cccc(NC(=O)CN(C)S(=O)(=O)c2ccc(Br)s2)c1. The van der Waals surface area contributed by atoms with Gasteiger partial charge in [0.1, 0.15) is 9.96 Å². The van der Waals surface area contributed by atoms with Crippen molar-refractivity contribution >= 4 is 48.9 Å². The van der Waals surface area contributed by atoms with Crippen LogP contribution in [0.4, 0.5) is 5.69 Å². The monoisotopic (exact) mass is 418 g/mol. The second-order valence-electron chi connectivity index (χ2n) is 4.60. The van der Waals surface area contributed by atoms with E-state index in [1.807, 2.05) is 0 Å². The average molecular weight is 419 g/mol. The Kier molecular flexibility index (Phi) is 5.79. The highest BCUT2D eigenvalue weighted by Crippen LogP contribution is 2.27. The number of ether oxygens (including phenoxy) is 1. The quantitative estimate of drug-likeness (QED) is 0.782. The molecular weight excluding hydrogens is 404 g/mol. The molecule has 2 rings (SSSR count). The van der Waals surface area contributed by atoms with Crippen LogP contribution in [0.1, 0.15) is 0 Å². The molecule has 9 heteroatoms. The van der Waals surface area contributed by atoms with Crippen molar-refractivity contribution in [2.45, 2.75) is 4.21 Å². The van der Waals surface area contributed by atoms with Crippen molar-refractivity contribution in [1.82, 2.24) is 4.31 Å². The number of thiophene rings is 1. The molecule has 1 amide bonds. The fourth-order valence-electron chi connectivity index (χ4n) is 1.78. The Bertz CT molecular complexity index is 805. The van der Waals surface area contributed by atoms with Crippen molar-refractivity contribution in [3.8, 4) is 5.75 Å². The molecule has 0 aliphatic carbocycles. The molecule has 6 nitrogen and oxygen atoms in total. The van der Waals surface area contributed by atoms with Crippen LogP contribution >= 0.6 is 27.3 Å². The number of hydrogen-bond acceptors (Lipinski definition) is 5. The summed E-state index contributed by atoms with van der Waals surface area (Å²) in [4.78, 5) is 12.0. The molecule has 0 radical (unpaired) electrons. The van der Waals surface area contributed by atoms with Crippen LogP contribution in [0, 0.1) is 0 Å². The lowest BCUT2D eigenvalue weighted by atomic mass is 10.3. The minimum atomic E-state index is -3.68. The van der Waals surface area contributed by atoms with Crippen LogP contribution in [0.15, 0.2) is 44.4 Å². The van der Waals surface area contributed by atoms with Crippen LogP contribution < -0.4 is 10.1 Å². The molecular formula is C14H15BrN2O4S2. The van der Waals surface area contributed by atoms with Crippen molar-refractivity contribution in [3.05, 3.63) is 40.2 Å². The van der Waals surface area contributed by atoms with Gasteiger partial charge in [-0.15, -0.1) is 11.3 Å². The highest BCUT2D eigenvalue weighted by atomic mass is 79.9. The topological polar surface area (TPSA) is 75.7 Å². The van der Waals surface area contributed by atoms with E-state index in [9.17, 15) is 13.2 Å². The van der Waals surface area contributed by atoms with Gasteiger partial charge in [0, 0.05) is 18.8 Å². The van der Waals surface area contributed by atoms with Crippen molar-refractivity contribution < 1.29 is 17.9 Å². The summed E-state index contributed by atoms with van der Waals surface area (Å²) in [5, 5.41) is 2.65. The van der Waals surface area contributed by atoms with Crippen LogP contribution in [0.25, 0.3) is 0 Å². The molecule has 0 bridgehead atoms. The van der Waals surface area contributed by atoms with E-state index in [4.69, 9.17) is 4.74 Å². The molecule has 1 N–H and O–H groups in total. The van der Waals surface area contributed by atoms with Gasteiger partial charge < -0.3 is 10.1 Å². The van der Waals surface area contributed by atoms with Crippen molar-refractivity contribution in [2.24, 2.45) is 0 Å². The number of rotatable bonds is 6. The fraction of sp³-hybridized carbons (Fsp3) is 0.214. The molecule has 1 aromatic carbocycles. The van der Waals surface area contributed by atoms with E-state index in [1.54, 1.807) is 30.3 Å². The fourth-order valence-corrected chi connectivity index (χ4v) is 5.13. The summed E-state index contributed by atoms with van der Waals surface area (Å²) in [5.41, 5.74) is 0.541. The summed E-state index contributed by atoms with van der Waals surface area (Å²) < 4.78 is 31.7. The standard InChI is InChI=1S/C14H15BrN2O4S2/c1-17(23(19,20)14-7-6-12(15)22-14)9-13(18)16-10-4-3-5-11(8-10)21-2/h3-8H,9H2,1-2H3,(H,16,18). The first kappa shape index (κ1) is 17.9. The summed E-state index contributed by atoms with van der Waals surface area (Å²) in [6, 6.07) is 10.00. The smallest absolute Gasteiger partial charge is 0.252 e. The zero-order valence-electron chi connectivity index (χ0n) is 12.4. The zero-order valence-corrected chi connectivity index (χ0v) is 15.7. The van der Waals surface area contributed by atoms with E-state index >= 15 is 0 Å². The van der Waals surface area contributed by atoms with Crippen molar-refractivity contribution in [3.63, 3.8) is 0 Å². The number of carbonyl (C=O) groups is 1. The molecule has 2 aromatic rings. The molecule has 0 atom stereocenters. The number of amides is 1. The van der Waals surface area contributed by atoms with E-state index in [0.717, 1.165) is 15.6 Å². The first-order valence-corrected chi connectivity index (χ1v) is 9.53. The summed E-state index contributed by atoms with van der Waals surface area (Å²) in [7, 11) is -0.785. The lowest BCUT2D eigenvalue weighted by molar-refractivity contribution is -0.116. The van der Waals surface area contributed by atoms with Gasteiger partial charge >= 0.3 is 0 Å². The molecule has 0 fully saturated rings. The molecule has 124 valence electrons. The minimum Gasteiger partial charge on any atom is -0.497 e. The van der Waals surface area contributed by atoms with Crippen LogP contribution in [0.3, 0.4) is 0 Å². The third-order valence-electron chi connectivity index (χ3n) is 2.93. The number of anilines is 1. The van der Waals surface area contributed by atoms with Crippen molar-refractivity contribution in [2.75, 3.05) is 26.0 Å². The molecule has 0 spiro atoms. The Labute approximate surface area is 147 Å². The number of nitrogens with zero attached hydrogens (tertiary/aromatic N) is 1. The van der Waals surface area contributed by atoms with Gasteiger partial charge in [0.05, 0.1) is 17.4 Å². The van der Waals surface area contributed by atoms with Gasteiger partial charge in [-0.2, -0.15) is 4.31 Å². The highest BCUT2D eigenvalue weighted by molar-refractivity contribution is 9.11. The Balaban J connectivity index is 2.04. The molecule has 0 saturated carbocycles. The Morgan fingerprint density at radius 3 is 2.70 bits per heavy atom. The van der Waals surface area contributed by atoms with E-state index < -0.39 is 15.9 Å². The van der Waals surface area contributed by atoms with Crippen LogP contribution in [0.2, 0.25) is 0 Å². The Morgan fingerprint density at radius 1 is 1.35 bits per heavy atom. The Hall–Kier alpha value is -1.42. The normalized spacial score (nSPS) is 11.5. The molecule has 0 unspecified atom stereocenters. The number of hydrogen-bond donors (Lipinski definition) is 1. The minimum absolute atomic E-state index is 0.182. The first-order chi connectivity index (χ1) is 10.8. The molecule has 23 heavy (non-hydrogen) atoms. The van der Waals surface area contributed by atoms with Gasteiger partial charge in [0.25, 0.3) is 10.0 Å².